The SMILES string of the molecule is Fc1c[nH]c(F)c1.O=C(O)c1ccccn1. The van der Waals surface area contributed by atoms with E-state index in [-0.39, 0.29) is 5.69 Å². The van der Waals surface area contributed by atoms with Crippen LogP contribution >= 0.6 is 0 Å². The van der Waals surface area contributed by atoms with Gasteiger partial charge in [-0.15, -0.1) is 0 Å². The number of pyridine rings is 1. The van der Waals surface area contributed by atoms with E-state index in [0.717, 1.165) is 12.3 Å². The molecule has 84 valence electrons. The molecule has 0 aromatic carbocycles. The molecular weight excluding hydrogens is 218 g/mol. The number of aromatic carboxylic acids is 1. The maximum absolute atomic E-state index is 11.7. The van der Waals surface area contributed by atoms with Crippen molar-refractivity contribution in [3.05, 3.63) is 54.1 Å². The number of rotatable bonds is 1. The van der Waals surface area contributed by atoms with Gasteiger partial charge in [0.25, 0.3) is 0 Å². The Bertz CT molecular complexity index is 440. The fraction of sp³-hybridized carbons (Fsp3) is 0. The van der Waals surface area contributed by atoms with Gasteiger partial charge in [0.15, 0.2) is 5.95 Å². The highest BCUT2D eigenvalue weighted by Gasteiger charge is 1.98. The molecule has 4 nitrogen and oxygen atoms in total. The summed E-state index contributed by atoms with van der Waals surface area (Å²) in [6, 6.07) is 5.53. The molecule has 2 aromatic rings. The van der Waals surface area contributed by atoms with Crippen molar-refractivity contribution < 1.29 is 18.7 Å². The molecule has 0 radical (unpaired) electrons. The molecule has 0 saturated carbocycles. The van der Waals surface area contributed by atoms with Gasteiger partial charge in [0.2, 0.25) is 0 Å². The highest BCUT2D eigenvalue weighted by molar-refractivity contribution is 5.85. The lowest BCUT2D eigenvalue weighted by Crippen LogP contribution is -1.97. The highest BCUT2D eigenvalue weighted by Crippen LogP contribution is 1.96. The largest absolute Gasteiger partial charge is 0.477 e. The van der Waals surface area contributed by atoms with Crippen LogP contribution in [0.3, 0.4) is 0 Å². The summed E-state index contributed by atoms with van der Waals surface area (Å²) in [4.78, 5) is 15.7. The first-order valence-electron chi connectivity index (χ1n) is 4.23. The van der Waals surface area contributed by atoms with Gasteiger partial charge in [0.05, 0.1) is 0 Å². The number of hydrogen-bond donors (Lipinski definition) is 2. The molecule has 0 aliphatic carbocycles. The quantitative estimate of drug-likeness (QED) is 0.782. The molecule has 16 heavy (non-hydrogen) atoms. The first kappa shape index (κ1) is 11.8. The molecule has 0 aliphatic heterocycles. The molecule has 0 atom stereocenters. The van der Waals surface area contributed by atoms with E-state index in [0.29, 0.717) is 0 Å². The van der Waals surface area contributed by atoms with E-state index >= 15 is 0 Å². The molecule has 0 aliphatic rings. The second-order valence-electron chi connectivity index (χ2n) is 2.69. The zero-order chi connectivity index (χ0) is 12.0. The van der Waals surface area contributed by atoms with Gasteiger partial charge >= 0.3 is 5.97 Å². The predicted molar refractivity (Wildman–Crippen MR) is 51.9 cm³/mol. The molecular formula is C10H8F2N2O2. The summed E-state index contributed by atoms with van der Waals surface area (Å²) in [5, 5.41) is 8.32. The van der Waals surface area contributed by atoms with Crippen molar-refractivity contribution in [3.63, 3.8) is 0 Å². The molecule has 2 heterocycles. The van der Waals surface area contributed by atoms with Gasteiger partial charge in [-0.05, 0) is 12.1 Å². The van der Waals surface area contributed by atoms with Crippen molar-refractivity contribution in [3.8, 4) is 0 Å². The van der Waals surface area contributed by atoms with Gasteiger partial charge in [-0.3, -0.25) is 0 Å². The number of carboxylic acid groups (broad SMARTS) is 1. The van der Waals surface area contributed by atoms with Gasteiger partial charge in [-0.2, -0.15) is 4.39 Å². The van der Waals surface area contributed by atoms with E-state index in [4.69, 9.17) is 5.11 Å². The number of aromatic amines is 1. The van der Waals surface area contributed by atoms with Gasteiger partial charge in [-0.25, -0.2) is 14.2 Å². The van der Waals surface area contributed by atoms with E-state index in [9.17, 15) is 13.6 Å². The topological polar surface area (TPSA) is 66.0 Å². The Morgan fingerprint density at radius 1 is 1.38 bits per heavy atom. The summed E-state index contributed by atoms with van der Waals surface area (Å²) in [5.41, 5.74) is 0.0810. The van der Waals surface area contributed by atoms with Crippen molar-refractivity contribution in [2.75, 3.05) is 0 Å². The Kier molecular flexibility index (Phi) is 4.14. The third kappa shape index (κ3) is 3.87. The third-order valence-corrected chi connectivity index (χ3v) is 1.50. The second-order valence-corrected chi connectivity index (χ2v) is 2.69. The Morgan fingerprint density at radius 3 is 2.38 bits per heavy atom. The van der Waals surface area contributed by atoms with Crippen LogP contribution in [0.1, 0.15) is 10.5 Å². The van der Waals surface area contributed by atoms with Gasteiger partial charge in [0, 0.05) is 18.5 Å². The summed E-state index contributed by atoms with van der Waals surface area (Å²) in [6.07, 6.45) is 2.40. The number of H-pyrrole nitrogens is 1. The molecule has 2 aromatic heterocycles. The fourth-order valence-electron chi connectivity index (χ4n) is 0.832. The minimum Gasteiger partial charge on any atom is -0.477 e. The molecule has 0 amide bonds. The third-order valence-electron chi connectivity index (χ3n) is 1.50. The molecule has 6 heteroatoms. The van der Waals surface area contributed by atoms with E-state index in [1.165, 1.54) is 12.3 Å². The smallest absolute Gasteiger partial charge is 0.354 e. The van der Waals surface area contributed by atoms with E-state index < -0.39 is 17.7 Å². The summed E-state index contributed by atoms with van der Waals surface area (Å²) >= 11 is 0. The van der Waals surface area contributed by atoms with Crippen LogP contribution in [-0.2, 0) is 0 Å². The fourth-order valence-corrected chi connectivity index (χ4v) is 0.832. The van der Waals surface area contributed by atoms with Crippen LogP contribution in [0.2, 0.25) is 0 Å². The first-order valence-corrected chi connectivity index (χ1v) is 4.23. The summed E-state index contributed by atoms with van der Waals surface area (Å²) in [6.45, 7) is 0. The normalized spacial score (nSPS) is 9.12. The summed E-state index contributed by atoms with van der Waals surface area (Å²) in [5.74, 6) is -2.20. The number of carbonyl (C=O) groups is 1. The minimum absolute atomic E-state index is 0.0810. The summed E-state index contributed by atoms with van der Waals surface area (Å²) in [7, 11) is 0. The van der Waals surface area contributed by atoms with Gasteiger partial charge < -0.3 is 10.1 Å². The van der Waals surface area contributed by atoms with Crippen LogP contribution in [0.5, 0.6) is 0 Å². The Hall–Kier alpha value is -2.24. The Labute approximate surface area is 89.6 Å². The number of aromatic nitrogens is 2. The van der Waals surface area contributed by atoms with E-state index in [2.05, 4.69) is 4.98 Å². The Balaban J connectivity index is 0.000000165. The lowest BCUT2D eigenvalue weighted by atomic mass is 10.4. The molecule has 0 fully saturated rings. The van der Waals surface area contributed by atoms with E-state index in [1.807, 2.05) is 4.98 Å². The number of carboxylic acids is 1. The molecule has 0 spiro atoms. The average Bonchev–Trinajstić information content (AvgIpc) is 2.65. The predicted octanol–water partition coefficient (Wildman–Crippen LogP) is 2.07. The minimum atomic E-state index is -0.990. The van der Waals surface area contributed by atoms with Crippen LogP contribution in [-0.4, -0.2) is 21.0 Å². The van der Waals surface area contributed by atoms with Gasteiger partial charge in [-0.1, -0.05) is 6.07 Å². The molecule has 0 unspecified atom stereocenters. The first-order chi connectivity index (χ1) is 7.59. The number of nitrogens with zero attached hydrogens (tertiary/aromatic N) is 1. The van der Waals surface area contributed by atoms with Crippen LogP contribution in [0.25, 0.3) is 0 Å². The maximum atomic E-state index is 11.7. The second kappa shape index (κ2) is 5.59. The average molecular weight is 226 g/mol. The summed E-state index contributed by atoms with van der Waals surface area (Å²) < 4.78 is 23.3. The molecule has 0 saturated heterocycles. The molecule has 2 N–H and O–H groups in total. The number of hydrogen-bond acceptors (Lipinski definition) is 2. The van der Waals surface area contributed by atoms with Crippen molar-refractivity contribution >= 4 is 5.97 Å². The zero-order valence-corrected chi connectivity index (χ0v) is 8.02. The van der Waals surface area contributed by atoms with Crippen LogP contribution in [0.4, 0.5) is 8.78 Å². The monoisotopic (exact) mass is 226 g/mol. The van der Waals surface area contributed by atoms with Crippen molar-refractivity contribution in [2.24, 2.45) is 0 Å². The van der Waals surface area contributed by atoms with Crippen molar-refractivity contribution in [2.45, 2.75) is 0 Å². The maximum Gasteiger partial charge on any atom is 0.354 e. The van der Waals surface area contributed by atoms with Crippen molar-refractivity contribution in [1.82, 2.24) is 9.97 Å². The van der Waals surface area contributed by atoms with Gasteiger partial charge in [0.1, 0.15) is 11.5 Å². The molecule has 2 rings (SSSR count). The Morgan fingerprint density at radius 2 is 2.12 bits per heavy atom. The van der Waals surface area contributed by atoms with Crippen molar-refractivity contribution in [1.29, 1.82) is 0 Å². The number of nitrogens with one attached hydrogen (secondary N) is 1. The number of halogens is 2. The standard InChI is InChI=1S/C6H5NO2.C4H3F2N/c8-6(9)5-3-1-2-4-7-5;5-3-1-4(6)7-2-3/h1-4H,(H,8,9);1-2,7H. The highest BCUT2D eigenvalue weighted by atomic mass is 19.1. The zero-order valence-electron chi connectivity index (χ0n) is 8.02. The van der Waals surface area contributed by atoms with Crippen LogP contribution < -0.4 is 0 Å². The van der Waals surface area contributed by atoms with Crippen LogP contribution in [0, 0.1) is 11.8 Å². The molecule has 0 bridgehead atoms. The lowest BCUT2D eigenvalue weighted by Gasteiger charge is -1.87. The van der Waals surface area contributed by atoms with Crippen LogP contribution in [0.15, 0.2) is 36.7 Å². The van der Waals surface area contributed by atoms with E-state index in [1.54, 1.807) is 12.1 Å². The lowest BCUT2D eigenvalue weighted by molar-refractivity contribution is 0.0690.